The second kappa shape index (κ2) is 13.2. The van der Waals surface area contributed by atoms with Gasteiger partial charge in [0.05, 0.1) is 8.95 Å². The van der Waals surface area contributed by atoms with E-state index in [1.807, 2.05) is 22.6 Å². The summed E-state index contributed by atoms with van der Waals surface area (Å²) in [7, 11) is -2.61. The number of hydrogen-bond donors (Lipinski definition) is 0. The molecule has 0 radical (unpaired) electrons. The van der Waals surface area contributed by atoms with Crippen LogP contribution in [0.25, 0.3) is 0 Å². The highest BCUT2D eigenvalue weighted by Crippen LogP contribution is 2.22. The van der Waals surface area contributed by atoms with E-state index in [0.717, 1.165) is 0 Å². The third-order valence-corrected chi connectivity index (χ3v) is 6.83. The highest BCUT2D eigenvalue weighted by molar-refractivity contribution is 14.1. The summed E-state index contributed by atoms with van der Waals surface area (Å²) in [6.45, 7) is 12.7. The lowest BCUT2D eigenvalue weighted by Gasteiger charge is -2.03. The summed E-state index contributed by atoms with van der Waals surface area (Å²) >= 11 is 7.42. The van der Waals surface area contributed by atoms with Crippen LogP contribution in [-0.2, 0) is 0 Å². The Bertz CT molecular complexity index is 965. The molecule has 168 valence electrons. The standard InChI is InChI=1S/C11H11BrF2Si.C6H2BrF2I.C5H10Si/c1-15(2,3)5-4-8-6-9(13)11(12)10(14)7-8;7-6-4(8)1-3(10)2-5(6)9;1-5-6(2,3)4/h6-7H,1-3H3;1-2H;1H,2-4H3. The van der Waals surface area contributed by atoms with Gasteiger partial charge in [-0.3, -0.25) is 0 Å². The molecule has 2 aromatic carbocycles. The fraction of sp³-hybridized carbons (Fsp3) is 0.273. The van der Waals surface area contributed by atoms with E-state index in [-0.39, 0.29) is 8.95 Å². The second-order valence-electron chi connectivity index (χ2n) is 8.33. The lowest BCUT2D eigenvalue weighted by Crippen LogP contribution is -2.16. The molecule has 0 unspecified atom stereocenters. The van der Waals surface area contributed by atoms with Crippen molar-refractivity contribution in [3.8, 4) is 23.4 Å². The minimum absolute atomic E-state index is 0.104. The second-order valence-corrected chi connectivity index (χ2v) is 20.7. The van der Waals surface area contributed by atoms with E-state index in [1.165, 1.54) is 24.3 Å². The van der Waals surface area contributed by atoms with Crippen molar-refractivity contribution in [1.29, 1.82) is 0 Å². The van der Waals surface area contributed by atoms with Crippen LogP contribution in [0.4, 0.5) is 17.6 Å². The van der Waals surface area contributed by atoms with Crippen LogP contribution in [0.15, 0.2) is 33.2 Å². The first-order valence-corrected chi connectivity index (χ1v) is 18.6. The van der Waals surface area contributed by atoms with E-state index in [9.17, 15) is 17.6 Å². The quantitative estimate of drug-likeness (QED) is 0.0642. The molecule has 31 heavy (non-hydrogen) atoms. The van der Waals surface area contributed by atoms with Crippen LogP contribution in [0.2, 0.25) is 39.3 Å². The first kappa shape index (κ1) is 30.4. The van der Waals surface area contributed by atoms with Crippen molar-refractivity contribution < 1.29 is 17.6 Å². The van der Waals surface area contributed by atoms with Crippen molar-refractivity contribution in [3.63, 3.8) is 0 Å². The average Bonchev–Trinajstić information content (AvgIpc) is 2.62. The maximum atomic E-state index is 13.1. The predicted molar refractivity (Wildman–Crippen MR) is 143 cm³/mol. The van der Waals surface area contributed by atoms with E-state index >= 15 is 0 Å². The molecule has 0 amide bonds. The summed E-state index contributed by atoms with van der Waals surface area (Å²) < 4.78 is 51.6. The van der Waals surface area contributed by atoms with Gasteiger partial charge in [0.25, 0.3) is 0 Å². The molecule has 0 bridgehead atoms. The Balaban J connectivity index is 0.000000484. The van der Waals surface area contributed by atoms with Crippen LogP contribution >= 0.6 is 54.5 Å². The number of terminal acetylenes is 1. The van der Waals surface area contributed by atoms with Gasteiger partial charge in [-0.15, -0.1) is 17.5 Å². The van der Waals surface area contributed by atoms with Crippen LogP contribution in [-0.4, -0.2) is 16.1 Å². The molecule has 0 aliphatic heterocycles. The zero-order valence-electron chi connectivity index (χ0n) is 18.0. The molecular formula is C22H23Br2F4ISi2. The van der Waals surface area contributed by atoms with E-state index < -0.39 is 39.4 Å². The number of halogens is 7. The lowest BCUT2D eigenvalue weighted by atomic mass is 10.2. The van der Waals surface area contributed by atoms with Gasteiger partial charge in [-0.1, -0.05) is 45.2 Å². The predicted octanol–water partition coefficient (Wildman–Crippen LogP) is 8.79. The molecule has 0 atom stereocenters. The summed E-state index contributed by atoms with van der Waals surface area (Å²) in [5, 5.41) is 0. The van der Waals surface area contributed by atoms with Gasteiger partial charge in [-0.05, 0) is 78.7 Å². The Hall–Kier alpha value is -0.596. The van der Waals surface area contributed by atoms with Crippen molar-refractivity contribution in [2.45, 2.75) is 39.3 Å². The Morgan fingerprint density at radius 2 is 1.06 bits per heavy atom. The van der Waals surface area contributed by atoms with Crippen molar-refractivity contribution in [3.05, 3.63) is 65.6 Å². The van der Waals surface area contributed by atoms with Crippen molar-refractivity contribution in [2.24, 2.45) is 0 Å². The largest absolute Gasteiger partial charge is 0.206 e. The van der Waals surface area contributed by atoms with Crippen LogP contribution < -0.4 is 0 Å². The zero-order chi connectivity index (χ0) is 24.6. The summed E-state index contributed by atoms with van der Waals surface area (Å²) in [4.78, 5) is 0. The third kappa shape index (κ3) is 13.5. The van der Waals surface area contributed by atoms with Gasteiger partial charge < -0.3 is 0 Å². The molecule has 0 aliphatic carbocycles. The van der Waals surface area contributed by atoms with E-state index in [4.69, 9.17) is 6.42 Å². The summed E-state index contributed by atoms with van der Waals surface area (Å²) in [5.74, 6) is 0.442. The minimum Gasteiger partial charge on any atom is -0.206 e. The Labute approximate surface area is 215 Å². The van der Waals surface area contributed by atoms with Crippen LogP contribution in [0, 0.1) is 50.3 Å². The molecule has 2 rings (SSSR count). The zero-order valence-corrected chi connectivity index (χ0v) is 25.4. The van der Waals surface area contributed by atoms with E-state index in [0.29, 0.717) is 9.13 Å². The third-order valence-electron chi connectivity index (χ3n) is 2.95. The topological polar surface area (TPSA) is 0 Å². The van der Waals surface area contributed by atoms with Gasteiger partial charge in [-0.25, -0.2) is 17.6 Å². The van der Waals surface area contributed by atoms with Gasteiger partial charge in [0.2, 0.25) is 0 Å². The maximum absolute atomic E-state index is 13.1. The molecule has 9 heteroatoms. The Morgan fingerprint density at radius 1 is 0.742 bits per heavy atom. The summed E-state index contributed by atoms with van der Waals surface area (Å²) in [5.41, 5.74) is 6.18. The number of rotatable bonds is 0. The Kier molecular flexibility index (Phi) is 12.9. The molecule has 0 saturated carbocycles. The highest BCUT2D eigenvalue weighted by atomic mass is 127. The molecule has 0 heterocycles. The Morgan fingerprint density at radius 3 is 1.35 bits per heavy atom. The van der Waals surface area contributed by atoms with Crippen molar-refractivity contribution in [2.75, 3.05) is 0 Å². The molecular weight excluding hydrogens is 683 g/mol. The number of hydrogen-bond acceptors (Lipinski definition) is 0. The van der Waals surface area contributed by atoms with Crippen LogP contribution in [0.1, 0.15) is 5.56 Å². The van der Waals surface area contributed by atoms with E-state index in [1.54, 1.807) is 0 Å². The smallest absolute Gasteiger partial charge is 0.141 e. The molecule has 0 N–H and O–H groups in total. The maximum Gasteiger partial charge on any atom is 0.141 e. The monoisotopic (exact) mass is 704 g/mol. The molecule has 0 saturated heterocycles. The van der Waals surface area contributed by atoms with Gasteiger partial charge in [0.15, 0.2) is 0 Å². The first-order chi connectivity index (χ1) is 14.0. The minimum atomic E-state index is -1.51. The normalized spacial score (nSPS) is 10.5. The lowest BCUT2D eigenvalue weighted by molar-refractivity contribution is 0.570. The van der Waals surface area contributed by atoms with E-state index in [2.05, 4.69) is 88.1 Å². The fourth-order valence-electron chi connectivity index (χ4n) is 1.41. The van der Waals surface area contributed by atoms with Crippen LogP contribution in [0.3, 0.4) is 0 Å². The van der Waals surface area contributed by atoms with Gasteiger partial charge in [0, 0.05) is 9.13 Å². The molecule has 0 aliphatic rings. The van der Waals surface area contributed by atoms with Gasteiger partial charge >= 0.3 is 0 Å². The van der Waals surface area contributed by atoms with Crippen molar-refractivity contribution >= 4 is 70.6 Å². The molecule has 2 aromatic rings. The molecule has 0 fully saturated rings. The molecule has 0 aromatic heterocycles. The van der Waals surface area contributed by atoms with Gasteiger partial charge in [-0.2, -0.15) is 0 Å². The average molecular weight is 706 g/mol. The highest BCUT2D eigenvalue weighted by Gasteiger charge is 2.10. The van der Waals surface area contributed by atoms with Crippen LogP contribution in [0.5, 0.6) is 0 Å². The molecule has 0 nitrogen and oxygen atoms in total. The number of benzene rings is 2. The SMILES string of the molecule is C#C[Si](C)(C)C.C[Si](C)(C)C#Cc1cc(F)c(Br)c(F)c1.Fc1cc(I)cc(F)c1Br. The summed E-state index contributed by atoms with van der Waals surface area (Å²) in [6.07, 6.45) is 5.12. The van der Waals surface area contributed by atoms with Gasteiger partial charge in [0.1, 0.15) is 39.4 Å². The summed E-state index contributed by atoms with van der Waals surface area (Å²) in [6, 6.07) is 4.99. The molecule has 0 spiro atoms. The first-order valence-electron chi connectivity index (χ1n) is 8.92. The fourth-order valence-corrected chi connectivity index (χ4v) is 2.94. The van der Waals surface area contributed by atoms with Crippen molar-refractivity contribution in [1.82, 2.24) is 0 Å².